The molecular weight excluding hydrogens is 258 g/mol. The zero-order valence-corrected chi connectivity index (χ0v) is 11.2. The van der Waals surface area contributed by atoms with Crippen molar-refractivity contribution in [2.75, 3.05) is 7.05 Å². The monoisotopic (exact) mass is 273 g/mol. The van der Waals surface area contributed by atoms with Gasteiger partial charge in [0.2, 0.25) is 5.91 Å². The summed E-state index contributed by atoms with van der Waals surface area (Å²) in [5.74, 6) is -0.139. The number of carbonyl (C=O) groups is 1. The van der Waals surface area contributed by atoms with E-state index in [1.807, 2.05) is 0 Å². The van der Waals surface area contributed by atoms with Gasteiger partial charge in [-0.15, -0.1) is 0 Å². The summed E-state index contributed by atoms with van der Waals surface area (Å²) in [7, 11) is 1.65. The first kappa shape index (κ1) is 14.0. The molecule has 1 amide bonds. The van der Waals surface area contributed by atoms with Gasteiger partial charge in [0.05, 0.1) is 17.4 Å². The van der Waals surface area contributed by atoms with Crippen molar-refractivity contribution in [2.45, 2.75) is 31.2 Å². The molecule has 0 N–H and O–H groups in total. The molecule has 6 nitrogen and oxygen atoms in total. The van der Waals surface area contributed by atoms with Crippen molar-refractivity contribution >= 4 is 11.6 Å². The van der Waals surface area contributed by atoms with Gasteiger partial charge in [0.1, 0.15) is 5.54 Å². The molecule has 20 heavy (non-hydrogen) atoms. The molecular formula is C14H15N3O3. The highest BCUT2D eigenvalue weighted by molar-refractivity contribution is 5.80. The van der Waals surface area contributed by atoms with Gasteiger partial charge < -0.3 is 4.90 Å². The van der Waals surface area contributed by atoms with E-state index >= 15 is 0 Å². The lowest BCUT2D eigenvalue weighted by atomic mass is 9.76. The summed E-state index contributed by atoms with van der Waals surface area (Å²) >= 11 is 0. The molecule has 1 aliphatic rings. The van der Waals surface area contributed by atoms with Crippen molar-refractivity contribution in [3.63, 3.8) is 0 Å². The molecule has 1 fully saturated rings. The molecule has 0 radical (unpaired) electrons. The first-order valence-corrected chi connectivity index (χ1v) is 6.40. The normalized spacial score (nSPS) is 15.8. The third-order valence-electron chi connectivity index (χ3n) is 3.91. The van der Waals surface area contributed by atoms with E-state index in [2.05, 4.69) is 6.07 Å². The zero-order chi connectivity index (χ0) is 14.8. The van der Waals surface area contributed by atoms with Crippen LogP contribution in [0.5, 0.6) is 0 Å². The molecule has 1 saturated carbocycles. The summed E-state index contributed by atoms with van der Waals surface area (Å²) < 4.78 is 0. The van der Waals surface area contributed by atoms with E-state index in [4.69, 9.17) is 0 Å². The minimum Gasteiger partial charge on any atom is -0.327 e. The topological polar surface area (TPSA) is 87.2 Å². The third-order valence-corrected chi connectivity index (χ3v) is 3.91. The van der Waals surface area contributed by atoms with Crippen LogP contribution in [-0.4, -0.2) is 28.3 Å². The smallest absolute Gasteiger partial charge is 0.269 e. The highest BCUT2D eigenvalue weighted by Gasteiger charge is 2.43. The maximum Gasteiger partial charge on any atom is 0.269 e. The van der Waals surface area contributed by atoms with Crippen LogP contribution in [0.15, 0.2) is 24.3 Å². The summed E-state index contributed by atoms with van der Waals surface area (Å²) in [6.07, 6.45) is 2.54. The number of amides is 1. The van der Waals surface area contributed by atoms with Crippen LogP contribution in [0.25, 0.3) is 0 Å². The van der Waals surface area contributed by atoms with Crippen LogP contribution >= 0.6 is 0 Å². The van der Waals surface area contributed by atoms with Gasteiger partial charge in [-0.25, -0.2) is 0 Å². The summed E-state index contributed by atoms with van der Waals surface area (Å²) in [6, 6.07) is 8.13. The molecule has 104 valence electrons. The Kier molecular flexibility index (Phi) is 3.70. The highest BCUT2D eigenvalue weighted by atomic mass is 16.6. The number of nitrogens with zero attached hydrogens (tertiary/aromatic N) is 3. The Morgan fingerprint density at radius 3 is 2.45 bits per heavy atom. The number of benzene rings is 1. The average molecular weight is 273 g/mol. The second-order valence-corrected chi connectivity index (χ2v) is 5.05. The van der Waals surface area contributed by atoms with Crippen LogP contribution in [-0.2, 0) is 11.2 Å². The summed E-state index contributed by atoms with van der Waals surface area (Å²) in [5.41, 5.74) is 0.0552. The van der Waals surface area contributed by atoms with Gasteiger partial charge in [-0.1, -0.05) is 12.1 Å². The van der Waals surface area contributed by atoms with Crippen molar-refractivity contribution in [3.8, 4) is 6.07 Å². The molecule has 0 aliphatic heterocycles. The fourth-order valence-electron chi connectivity index (χ4n) is 2.30. The van der Waals surface area contributed by atoms with Gasteiger partial charge in [-0.3, -0.25) is 14.9 Å². The minimum atomic E-state index is -0.655. The van der Waals surface area contributed by atoms with Gasteiger partial charge in [0.15, 0.2) is 0 Å². The van der Waals surface area contributed by atoms with E-state index in [0.29, 0.717) is 18.4 Å². The van der Waals surface area contributed by atoms with E-state index < -0.39 is 10.5 Å². The van der Waals surface area contributed by atoms with E-state index in [0.717, 1.165) is 6.42 Å². The van der Waals surface area contributed by atoms with E-state index in [9.17, 15) is 20.2 Å². The van der Waals surface area contributed by atoms with Crippen molar-refractivity contribution in [1.29, 1.82) is 5.26 Å². The Hall–Kier alpha value is -2.42. The molecule has 0 bridgehead atoms. The van der Waals surface area contributed by atoms with Crippen LogP contribution in [0.3, 0.4) is 0 Å². The standard InChI is InChI=1S/C14H15N3O3/c1-16(14(10-15)7-2-8-14)13(18)9-11-3-5-12(6-4-11)17(19)20/h3-6H,2,7-9H2,1H3. The molecule has 1 aromatic carbocycles. The van der Waals surface area contributed by atoms with Crippen LogP contribution < -0.4 is 0 Å². The molecule has 0 spiro atoms. The molecule has 0 heterocycles. The zero-order valence-electron chi connectivity index (χ0n) is 11.2. The number of nitriles is 1. The van der Waals surface area contributed by atoms with Crippen LogP contribution in [0.1, 0.15) is 24.8 Å². The average Bonchev–Trinajstić information content (AvgIpc) is 2.38. The SMILES string of the molecule is CN(C(=O)Cc1ccc([N+](=O)[O-])cc1)C1(C#N)CCC1. The van der Waals surface area contributed by atoms with Crippen molar-refractivity contribution < 1.29 is 9.72 Å². The largest absolute Gasteiger partial charge is 0.327 e. The van der Waals surface area contributed by atoms with Crippen LogP contribution in [0.2, 0.25) is 0 Å². The molecule has 1 aliphatic carbocycles. The lowest BCUT2D eigenvalue weighted by Crippen LogP contribution is -2.53. The number of rotatable bonds is 4. The Labute approximate surface area is 116 Å². The fourth-order valence-corrected chi connectivity index (χ4v) is 2.30. The first-order valence-electron chi connectivity index (χ1n) is 6.40. The summed E-state index contributed by atoms with van der Waals surface area (Å²) in [4.78, 5) is 23.8. The van der Waals surface area contributed by atoms with Crippen molar-refractivity contribution in [1.82, 2.24) is 4.90 Å². The predicted molar refractivity (Wildman–Crippen MR) is 71.8 cm³/mol. The van der Waals surface area contributed by atoms with Crippen LogP contribution in [0, 0.1) is 21.4 Å². The number of nitro groups is 1. The number of carbonyl (C=O) groups excluding carboxylic acids is 1. The number of likely N-dealkylation sites (N-methyl/N-ethyl adjacent to an activating group) is 1. The molecule has 1 aromatic rings. The van der Waals surface area contributed by atoms with Gasteiger partial charge in [0, 0.05) is 19.2 Å². The lowest BCUT2D eigenvalue weighted by Gasteiger charge is -2.43. The molecule has 0 atom stereocenters. The second-order valence-electron chi connectivity index (χ2n) is 5.05. The second kappa shape index (κ2) is 5.29. The highest BCUT2D eigenvalue weighted by Crippen LogP contribution is 2.36. The van der Waals surface area contributed by atoms with Crippen LogP contribution in [0.4, 0.5) is 5.69 Å². The Morgan fingerprint density at radius 2 is 2.05 bits per heavy atom. The Bertz CT molecular complexity index is 570. The maximum atomic E-state index is 12.2. The number of non-ortho nitro benzene ring substituents is 1. The predicted octanol–water partition coefficient (Wildman–Crippen LogP) is 2.04. The number of hydrogen-bond acceptors (Lipinski definition) is 4. The van der Waals surface area contributed by atoms with Gasteiger partial charge >= 0.3 is 0 Å². The lowest BCUT2D eigenvalue weighted by molar-refractivity contribution is -0.384. The summed E-state index contributed by atoms with van der Waals surface area (Å²) in [6.45, 7) is 0. The van der Waals surface area contributed by atoms with Gasteiger partial charge in [0.25, 0.3) is 5.69 Å². The minimum absolute atomic E-state index is 0.00189. The third kappa shape index (κ3) is 2.48. The van der Waals surface area contributed by atoms with E-state index in [1.54, 1.807) is 19.2 Å². The Morgan fingerprint density at radius 1 is 1.45 bits per heavy atom. The van der Waals surface area contributed by atoms with Gasteiger partial charge in [-0.2, -0.15) is 5.26 Å². The molecule has 6 heteroatoms. The quantitative estimate of drug-likeness (QED) is 0.620. The van der Waals surface area contributed by atoms with Crippen molar-refractivity contribution in [3.05, 3.63) is 39.9 Å². The molecule has 2 rings (SSSR count). The molecule has 0 saturated heterocycles. The number of hydrogen-bond donors (Lipinski definition) is 0. The Balaban J connectivity index is 2.04. The first-order chi connectivity index (χ1) is 9.48. The van der Waals surface area contributed by atoms with Crippen molar-refractivity contribution in [2.24, 2.45) is 0 Å². The number of nitro benzene ring substituents is 1. The molecule has 0 aromatic heterocycles. The summed E-state index contributed by atoms with van der Waals surface area (Å²) in [5, 5.41) is 19.8. The van der Waals surface area contributed by atoms with E-state index in [1.165, 1.54) is 17.0 Å². The molecule has 0 unspecified atom stereocenters. The van der Waals surface area contributed by atoms with E-state index in [-0.39, 0.29) is 18.0 Å². The van der Waals surface area contributed by atoms with Gasteiger partial charge in [-0.05, 0) is 24.8 Å². The maximum absolute atomic E-state index is 12.2. The fraction of sp³-hybridized carbons (Fsp3) is 0.429.